The number of thioether (sulfide) groups is 1. The van der Waals surface area contributed by atoms with E-state index in [0.717, 1.165) is 30.0 Å². The van der Waals surface area contributed by atoms with Crippen LogP contribution < -0.4 is 4.74 Å². The number of aromatic nitrogens is 6. The van der Waals surface area contributed by atoms with Crippen LogP contribution in [0.1, 0.15) is 30.6 Å². The van der Waals surface area contributed by atoms with Crippen LogP contribution in [0.4, 0.5) is 0 Å². The summed E-state index contributed by atoms with van der Waals surface area (Å²) in [6.45, 7) is 2.67. The van der Waals surface area contributed by atoms with Gasteiger partial charge < -0.3 is 9.26 Å². The summed E-state index contributed by atoms with van der Waals surface area (Å²) in [7, 11) is 1.65. The maximum absolute atomic E-state index is 5.23. The van der Waals surface area contributed by atoms with Crippen molar-refractivity contribution in [3.8, 4) is 5.75 Å². The average Bonchev–Trinajstić information content (AvgIpc) is 3.23. The van der Waals surface area contributed by atoms with Gasteiger partial charge in [-0.25, -0.2) is 4.68 Å². The minimum atomic E-state index is 0.541. The Morgan fingerprint density at radius 1 is 1.25 bits per heavy atom. The van der Waals surface area contributed by atoms with Gasteiger partial charge in [0.1, 0.15) is 5.75 Å². The van der Waals surface area contributed by atoms with E-state index < -0.39 is 0 Å². The Morgan fingerprint density at radius 2 is 2.08 bits per heavy atom. The number of tetrazole rings is 1. The van der Waals surface area contributed by atoms with Crippen molar-refractivity contribution in [3.05, 3.63) is 41.5 Å². The van der Waals surface area contributed by atoms with Gasteiger partial charge in [-0.2, -0.15) is 4.98 Å². The van der Waals surface area contributed by atoms with Crippen LogP contribution in [0.3, 0.4) is 0 Å². The second-order valence-electron chi connectivity index (χ2n) is 5.11. The highest BCUT2D eigenvalue weighted by molar-refractivity contribution is 7.98. The molecule has 9 heteroatoms. The van der Waals surface area contributed by atoms with Crippen LogP contribution in [0.25, 0.3) is 0 Å². The molecule has 3 aromatic rings. The van der Waals surface area contributed by atoms with Crippen molar-refractivity contribution in [1.82, 2.24) is 30.3 Å². The van der Waals surface area contributed by atoms with Gasteiger partial charge in [0.05, 0.1) is 19.4 Å². The van der Waals surface area contributed by atoms with E-state index in [-0.39, 0.29) is 0 Å². The highest BCUT2D eigenvalue weighted by Crippen LogP contribution is 2.20. The number of hydrogen-bond acceptors (Lipinski definition) is 8. The highest BCUT2D eigenvalue weighted by atomic mass is 32.2. The Labute approximate surface area is 143 Å². The molecule has 0 radical (unpaired) electrons. The smallest absolute Gasteiger partial charge is 0.237 e. The molecule has 24 heavy (non-hydrogen) atoms. The van der Waals surface area contributed by atoms with Gasteiger partial charge in [-0.3, -0.25) is 0 Å². The number of nitrogens with zero attached hydrogens (tertiary/aromatic N) is 6. The molecule has 0 saturated heterocycles. The van der Waals surface area contributed by atoms with Crippen molar-refractivity contribution < 1.29 is 9.26 Å². The van der Waals surface area contributed by atoms with E-state index in [1.807, 2.05) is 24.3 Å². The molecule has 0 aliphatic rings. The van der Waals surface area contributed by atoms with E-state index in [1.165, 1.54) is 11.8 Å². The summed E-state index contributed by atoms with van der Waals surface area (Å²) in [5.41, 5.74) is 1.09. The molecule has 0 aliphatic carbocycles. The van der Waals surface area contributed by atoms with Crippen LogP contribution >= 0.6 is 11.8 Å². The van der Waals surface area contributed by atoms with Gasteiger partial charge in [-0.1, -0.05) is 36.0 Å². The van der Waals surface area contributed by atoms with E-state index in [1.54, 1.807) is 11.8 Å². The van der Waals surface area contributed by atoms with Gasteiger partial charge in [-0.05, 0) is 34.5 Å². The van der Waals surface area contributed by atoms with Crippen LogP contribution in [0.5, 0.6) is 5.75 Å². The molecule has 126 valence electrons. The summed E-state index contributed by atoms with van der Waals surface area (Å²) >= 11 is 1.47. The van der Waals surface area contributed by atoms with Crippen LogP contribution in [-0.4, -0.2) is 37.5 Å². The van der Waals surface area contributed by atoms with Gasteiger partial charge in [0, 0.05) is 6.42 Å². The quantitative estimate of drug-likeness (QED) is 0.574. The van der Waals surface area contributed by atoms with Crippen LogP contribution in [0.2, 0.25) is 0 Å². The van der Waals surface area contributed by atoms with Crippen molar-refractivity contribution in [3.63, 3.8) is 0 Å². The van der Waals surface area contributed by atoms with Crippen LogP contribution in [-0.2, 0) is 18.7 Å². The van der Waals surface area contributed by atoms with E-state index in [9.17, 15) is 0 Å². The molecule has 0 fully saturated rings. The van der Waals surface area contributed by atoms with Crippen LogP contribution in [0, 0.1) is 0 Å². The maximum atomic E-state index is 5.23. The van der Waals surface area contributed by atoms with Gasteiger partial charge >= 0.3 is 0 Å². The minimum absolute atomic E-state index is 0.541. The predicted molar refractivity (Wildman–Crippen MR) is 87.8 cm³/mol. The Bertz CT molecular complexity index is 770. The Morgan fingerprint density at radius 3 is 2.83 bits per heavy atom. The number of hydrogen-bond donors (Lipinski definition) is 0. The highest BCUT2D eigenvalue weighted by Gasteiger charge is 2.11. The summed E-state index contributed by atoms with van der Waals surface area (Å²) < 4.78 is 12.1. The first-order valence-corrected chi connectivity index (χ1v) is 8.60. The molecule has 0 spiro atoms. The fraction of sp³-hybridized carbons (Fsp3) is 0.400. The van der Waals surface area contributed by atoms with Crippen molar-refractivity contribution in [2.45, 2.75) is 37.2 Å². The van der Waals surface area contributed by atoms with Gasteiger partial charge in [0.25, 0.3) is 0 Å². The van der Waals surface area contributed by atoms with E-state index in [2.05, 4.69) is 32.6 Å². The zero-order chi connectivity index (χ0) is 16.8. The lowest BCUT2D eigenvalue weighted by atomic mass is 10.2. The van der Waals surface area contributed by atoms with E-state index in [0.29, 0.717) is 23.3 Å². The largest absolute Gasteiger partial charge is 0.497 e. The molecule has 0 amide bonds. The van der Waals surface area contributed by atoms with E-state index in [4.69, 9.17) is 9.26 Å². The lowest BCUT2D eigenvalue weighted by Gasteiger charge is -2.05. The van der Waals surface area contributed by atoms with Gasteiger partial charge in [0.15, 0.2) is 5.82 Å². The SMILES string of the molecule is CCCc1noc(CSc2nnnn2Cc2ccc(OC)cc2)n1. The third kappa shape index (κ3) is 4.10. The summed E-state index contributed by atoms with van der Waals surface area (Å²) in [5.74, 6) is 2.69. The normalized spacial score (nSPS) is 10.9. The standard InChI is InChI=1S/C15H18N6O2S/c1-3-4-13-16-14(23-18-13)10-24-15-17-19-20-21(15)9-11-5-7-12(22-2)8-6-11/h5-8H,3-4,9-10H2,1-2H3. The monoisotopic (exact) mass is 346 g/mol. The molecular weight excluding hydrogens is 328 g/mol. The number of rotatable bonds is 8. The number of benzene rings is 1. The third-order valence-corrected chi connectivity index (χ3v) is 4.24. The number of ether oxygens (including phenoxy) is 1. The third-order valence-electron chi connectivity index (χ3n) is 3.30. The second-order valence-corrected chi connectivity index (χ2v) is 6.05. The Balaban J connectivity index is 1.61. The first kappa shape index (κ1) is 16.4. The maximum Gasteiger partial charge on any atom is 0.237 e. The lowest BCUT2D eigenvalue weighted by Crippen LogP contribution is -2.04. The molecule has 0 saturated carbocycles. The minimum Gasteiger partial charge on any atom is -0.497 e. The fourth-order valence-corrected chi connectivity index (χ4v) is 2.82. The van der Waals surface area contributed by atoms with E-state index >= 15 is 0 Å². The molecule has 0 bridgehead atoms. The first-order chi connectivity index (χ1) is 11.8. The second kappa shape index (κ2) is 7.91. The number of methoxy groups -OCH3 is 1. The summed E-state index contributed by atoms with van der Waals surface area (Å²) in [6.07, 6.45) is 1.82. The van der Waals surface area contributed by atoms with Crippen LogP contribution in [0.15, 0.2) is 33.9 Å². The molecule has 0 unspecified atom stereocenters. The summed E-state index contributed by atoms with van der Waals surface area (Å²) in [4.78, 5) is 4.34. The molecule has 8 nitrogen and oxygen atoms in total. The zero-order valence-electron chi connectivity index (χ0n) is 13.5. The molecule has 0 atom stereocenters. The molecule has 2 heterocycles. The van der Waals surface area contributed by atoms with Crippen molar-refractivity contribution in [2.75, 3.05) is 7.11 Å². The topological polar surface area (TPSA) is 91.8 Å². The van der Waals surface area contributed by atoms with Crippen molar-refractivity contribution in [2.24, 2.45) is 0 Å². The zero-order valence-corrected chi connectivity index (χ0v) is 14.4. The summed E-state index contributed by atoms with van der Waals surface area (Å²) in [6, 6.07) is 7.81. The van der Waals surface area contributed by atoms with Crippen molar-refractivity contribution >= 4 is 11.8 Å². The molecule has 1 aromatic carbocycles. The lowest BCUT2D eigenvalue weighted by molar-refractivity contribution is 0.384. The Hall–Kier alpha value is -2.42. The molecule has 0 N–H and O–H groups in total. The molecule has 0 aliphatic heterocycles. The van der Waals surface area contributed by atoms with Gasteiger partial charge in [0.2, 0.25) is 11.0 Å². The fourth-order valence-electron chi connectivity index (χ4n) is 2.10. The average molecular weight is 346 g/mol. The van der Waals surface area contributed by atoms with Gasteiger partial charge in [-0.15, -0.1) is 5.10 Å². The predicted octanol–water partition coefficient (Wildman–Crippen LogP) is 2.36. The number of aryl methyl sites for hydroxylation is 1. The Kier molecular flexibility index (Phi) is 5.42. The molecular formula is C15H18N6O2S. The first-order valence-electron chi connectivity index (χ1n) is 7.62. The summed E-state index contributed by atoms with van der Waals surface area (Å²) in [5, 5.41) is 16.5. The molecule has 2 aromatic heterocycles. The van der Waals surface area contributed by atoms with Crippen molar-refractivity contribution in [1.29, 1.82) is 0 Å². The molecule has 3 rings (SSSR count).